The monoisotopic (exact) mass is 242 g/mol. The molecule has 0 saturated heterocycles. The predicted octanol–water partition coefficient (Wildman–Crippen LogP) is 0.370. The van der Waals surface area contributed by atoms with Crippen molar-refractivity contribution in [2.45, 2.75) is 6.92 Å². The summed E-state index contributed by atoms with van der Waals surface area (Å²) in [5.41, 5.74) is 7.23. The summed E-state index contributed by atoms with van der Waals surface area (Å²) in [6.45, 7) is 1.63. The molecule has 0 aliphatic rings. The molecule has 0 unspecified atom stereocenters. The van der Waals surface area contributed by atoms with Gasteiger partial charge in [-0.1, -0.05) is 12.1 Å². The van der Waals surface area contributed by atoms with Crippen LogP contribution in [0.25, 0.3) is 17.2 Å². The molecule has 0 spiro atoms. The summed E-state index contributed by atoms with van der Waals surface area (Å²) in [5, 5.41) is 12.0. The Morgan fingerprint density at radius 3 is 2.94 bits per heavy atom. The topological polar surface area (TPSA) is 102 Å². The van der Waals surface area contributed by atoms with Crippen LogP contribution >= 0.6 is 0 Å². The Morgan fingerprint density at radius 2 is 2.17 bits per heavy atom. The average molecular weight is 242 g/mol. The SMILES string of the molecule is Cc1nn2c(-c3cccc(N)c3)nnc2[nH]c1=O. The van der Waals surface area contributed by atoms with Crippen LogP contribution in [-0.2, 0) is 0 Å². The van der Waals surface area contributed by atoms with Crippen LogP contribution in [0.15, 0.2) is 29.1 Å². The lowest BCUT2D eigenvalue weighted by molar-refractivity contribution is 0.854. The second-order valence-corrected chi connectivity index (χ2v) is 3.92. The van der Waals surface area contributed by atoms with Gasteiger partial charge in [0.25, 0.3) is 11.3 Å². The van der Waals surface area contributed by atoms with Gasteiger partial charge in [-0.05, 0) is 19.1 Å². The number of aromatic amines is 1. The third-order valence-electron chi connectivity index (χ3n) is 2.59. The lowest BCUT2D eigenvalue weighted by Crippen LogP contribution is -2.15. The first-order valence-corrected chi connectivity index (χ1v) is 5.33. The van der Waals surface area contributed by atoms with Crippen molar-refractivity contribution in [2.24, 2.45) is 0 Å². The third-order valence-corrected chi connectivity index (χ3v) is 2.59. The highest BCUT2D eigenvalue weighted by Crippen LogP contribution is 2.18. The van der Waals surface area contributed by atoms with Crippen LogP contribution < -0.4 is 11.3 Å². The number of aryl methyl sites for hydroxylation is 1. The van der Waals surface area contributed by atoms with Crippen molar-refractivity contribution in [3.63, 3.8) is 0 Å². The summed E-state index contributed by atoms with van der Waals surface area (Å²) in [4.78, 5) is 14.0. The fourth-order valence-corrected chi connectivity index (χ4v) is 1.70. The molecule has 18 heavy (non-hydrogen) atoms. The van der Waals surface area contributed by atoms with Gasteiger partial charge in [-0.15, -0.1) is 10.2 Å². The maximum atomic E-state index is 11.4. The molecule has 0 aliphatic carbocycles. The van der Waals surface area contributed by atoms with Crippen molar-refractivity contribution in [3.05, 3.63) is 40.3 Å². The quantitative estimate of drug-likeness (QED) is 0.600. The highest BCUT2D eigenvalue weighted by atomic mass is 16.1. The lowest BCUT2D eigenvalue weighted by Gasteiger charge is -2.00. The highest BCUT2D eigenvalue weighted by Gasteiger charge is 2.11. The minimum absolute atomic E-state index is 0.269. The van der Waals surface area contributed by atoms with Gasteiger partial charge in [-0.2, -0.15) is 9.61 Å². The predicted molar refractivity (Wildman–Crippen MR) is 66.0 cm³/mol. The standard InChI is InChI=1S/C11H10N6O/c1-6-10(18)13-11-15-14-9(17(11)16-6)7-3-2-4-8(12)5-7/h2-5H,12H2,1H3,(H,13,15,18). The van der Waals surface area contributed by atoms with E-state index in [0.29, 0.717) is 23.0 Å². The second kappa shape index (κ2) is 3.66. The Kier molecular flexibility index (Phi) is 2.12. The Labute approximate surface area is 101 Å². The fourth-order valence-electron chi connectivity index (χ4n) is 1.70. The molecule has 3 aromatic rings. The van der Waals surface area contributed by atoms with Crippen molar-refractivity contribution < 1.29 is 0 Å². The molecule has 0 amide bonds. The van der Waals surface area contributed by atoms with E-state index in [0.717, 1.165) is 5.56 Å². The summed E-state index contributed by atoms with van der Waals surface area (Å²) < 4.78 is 1.49. The Hall–Kier alpha value is -2.70. The fraction of sp³-hybridized carbons (Fsp3) is 0.0909. The van der Waals surface area contributed by atoms with E-state index < -0.39 is 0 Å². The molecular weight excluding hydrogens is 232 g/mol. The van der Waals surface area contributed by atoms with Gasteiger partial charge < -0.3 is 5.73 Å². The number of anilines is 1. The molecule has 2 aromatic heterocycles. The zero-order chi connectivity index (χ0) is 12.7. The maximum absolute atomic E-state index is 11.4. The van der Waals surface area contributed by atoms with E-state index in [9.17, 15) is 4.79 Å². The van der Waals surface area contributed by atoms with Gasteiger partial charge in [-0.3, -0.25) is 9.78 Å². The molecule has 0 saturated carbocycles. The number of benzene rings is 1. The zero-order valence-electron chi connectivity index (χ0n) is 9.58. The molecule has 7 heteroatoms. The minimum atomic E-state index is -0.269. The van der Waals surface area contributed by atoms with Gasteiger partial charge in [0, 0.05) is 11.3 Å². The molecule has 7 nitrogen and oxygen atoms in total. The molecule has 3 N–H and O–H groups in total. The number of nitrogens with two attached hydrogens (primary N) is 1. The second-order valence-electron chi connectivity index (χ2n) is 3.92. The van der Waals surface area contributed by atoms with Crippen LogP contribution in [-0.4, -0.2) is 24.8 Å². The maximum Gasteiger partial charge on any atom is 0.273 e. The minimum Gasteiger partial charge on any atom is -0.399 e. The van der Waals surface area contributed by atoms with E-state index in [1.165, 1.54) is 4.52 Å². The molecule has 0 atom stereocenters. The molecule has 0 fully saturated rings. The number of H-pyrrole nitrogens is 1. The van der Waals surface area contributed by atoms with Crippen molar-refractivity contribution in [1.29, 1.82) is 0 Å². The molecule has 90 valence electrons. The van der Waals surface area contributed by atoms with Crippen LogP contribution in [0.5, 0.6) is 0 Å². The van der Waals surface area contributed by atoms with Crippen molar-refractivity contribution >= 4 is 11.5 Å². The van der Waals surface area contributed by atoms with Gasteiger partial charge in [0.2, 0.25) is 0 Å². The molecule has 3 rings (SSSR count). The Bertz CT molecular complexity index is 788. The first kappa shape index (κ1) is 10.5. The highest BCUT2D eigenvalue weighted by molar-refractivity contribution is 5.62. The number of hydrogen-bond donors (Lipinski definition) is 2. The number of nitrogens with one attached hydrogen (secondary N) is 1. The smallest absolute Gasteiger partial charge is 0.273 e. The summed E-state index contributed by atoms with van der Waals surface area (Å²) in [7, 11) is 0. The lowest BCUT2D eigenvalue weighted by atomic mass is 10.2. The Morgan fingerprint density at radius 1 is 1.33 bits per heavy atom. The van der Waals surface area contributed by atoms with Gasteiger partial charge in [0.05, 0.1) is 0 Å². The van der Waals surface area contributed by atoms with Crippen molar-refractivity contribution in [1.82, 2.24) is 24.8 Å². The first-order valence-electron chi connectivity index (χ1n) is 5.33. The van der Waals surface area contributed by atoms with Crippen LogP contribution in [0.2, 0.25) is 0 Å². The van der Waals surface area contributed by atoms with E-state index in [2.05, 4.69) is 20.3 Å². The molecule has 0 radical (unpaired) electrons. The van der Waals surface area contributed by atoms with Gasteiger partial charge >= 0.3 is 0 Å². The zero-order valence-corrected chi connectivity index (χ0v) is 9.58. The van der Waals surface area contributed by atoms with E-state index in [1.807, 2.05) is 12.1 Å². The molecule has 1 aromatic carbocycles. The number of rotatable bonds is 1. The summed E-state index contributed by atoms with van der Waals surface area (Å²) in [5.74, 6) is 0.847. The van der Waals surface area contributed by atoms with Crippen LogP contribution in [0.3, 0.4) is 0 Å². The van der Waals surface area contributed by atoms with Gasteiger partial charge in [0.1, 0.15) is 5.69 Å². The number of nitrogens with zero attached hydrogens (tertiary/aromatic N) is 4. The van der Waals surface area contributed by atoms with E-state index >= 15 is 0 Å². The van der Waals surface area contributed by atoms with Crippen LogP contribution in [0, 0.1) is 6.92 Å². The van der Waals surface area contributed by atoms with E-state index in [-0.39, 0.29) is 5.56 Å². The van der Waals surface area contributed by atoms with Crippen LogP contribution in [0.1, 0.15) is 5.69 Å². The van der Waals surface area contributed by atoms with Gasteiger partial charge in [-0.25, -0.2) is 0 Å². The summed E-state index contributed by atoms with van der Waals surface area (Å²) in [6.07, 6.45) is 0. The van der Waals surface area contributed by atoms with Crippen molar-refractivity contribution in [3.8, 4) is 11.4 Å². The van der Waals surface area contributed by atoms with Crippen molar-refractivity contribution in [2.75, 3.05) is 5.73 Å². The number of hydrogen-bond acceptors (Lipinski definition) is 5. The molecule has 0 aliphatic heterocycles. The summed E-state index contributed by atoms with van der Waals surface area (Å²) in [6, 6.07) is 7.24. The average Bonchev–Trinajstić information content (AvgIpc) is 2.73. The van der Waals surface area contributed by atoms with E-state index in [1.54, 1.807) is 19.1 Å². The Balaban J connectivity index is 2.30. The molecule has 0 bridgehead atoms. The van der Waals surface area contributed by atoms with Gasteiger partial charge in [0.15, 0.2) is 5.82 Å². The number of fused-ring (bicyclic) bond motifs is 1. The number of nitrogen functional groups attached to an aromatic ring is 1. The number of aromatic nitrogens is 5. The first-order chi connectivity index (χ1) is 8.65. The van der Waals surface area contributed by atoms with Crippen LogP contribution in [0.4, 0.5) is 5.69 Å². The largest absolute Gasteiger partial charge is 0.399 e. The van der Waals surface area contributed by atoms with E-state index in [4.69, 9.17) is 5.73 Å². The normalized spacial score (nSPS) is 10.9. The third kappa shape index (κ3) is 1.53. The summed E-state index contributed by atoms with van der Waals surface area (Å²) >= 11 is 0. The molecular formula is C11H10N6O. The molecule has 2 heterocycles.